The Kier molecular flexibility index (Phi) is 4.59. The van der Waals surface area contributed by atoms with E-state index >= 15 is 0 Å². The second-order valence-electron chi connectivity index (χ2n) is 6.12. The van der Waals surface area contributed by atoms with Crippen LogP contribution in [0.1, 0.15) is 16.1 Å². The molecule has 28 heavy (non-hydrogen) atoms. The van der Waals surface area contributed by atoms with Crippen molar-refractivity contribution < 1.29 is 14.3 Å². The lowest BCUT2D eigenvalue weighted by molar-refractivity contribution is -0.117. The molecule has 0 radical (unpaired) electrons. The average molecular weight is 375 g/mol. The van der Waals surface area contributed by atoms with Crippen LogP contribution in [0.5, 0.6) is 5.75 Å². The van der Waals surface area contributed by atoms with Crippen molar-refractivity contribution in [2.75, 3.05) is 7.11 Å². The number of methoxy groups -OCH3 is 1. The number of aromatic nitrogens is 4. The molecule has 0 aliphatic rings. The summed E-state index contributed by atoms with van der Waals surface area (Å²) >= 11 is 0. The second-order valence-corrected chi connectivity index (χ2v) is 6.12. The molecule has 0 unspecified atom stereocenters. The molecule has 0 atom stereocenters. The van der Waals surface area contributed by atoms with Crippen molar-refractivity contribution in [2.45, 2.75) is 6.54 Å². The van der Waals surface area contributed by atoms with Crippen molar-refractivity contribution in [1.82, 2.24) is 25.3 Å². The van der Waals surface area contributed by atoms with Crippen molar-refractivity contribution in [3.63, 3.8) is 0 Å². The first-order valence-corrected chi connectivity index (χ1v) is 8.60. The Balaban J connectivity index is 1.44. The summed E-state index contributed by atoms with van der Waals surface area (Å²) in [7, 11) is 1.59. The molecule has 0 fully saturated rings. The van der Waals surface area contributed by atoms with Crippen LogP contribution in [0.2, 0.25) is 0 Å². The van der Waals surface area contributed by atoms with E-state index in [1.165, 1.54) is 0 Å². The normalized spacial score (nSPS) is 10.8. The van der Waals surface area contributed by atoms with Crippen LogP contribution < -0.4 is 10.1 Å². The van der Waals surface area contributed by atoms with E-state index in [-0.39, 0.29) is 6.54 Å². The second kappa shape index (κ2) is 7.36. The number of para-hydroxylation sites is 1. The fourth-order valence-electron chi connectivity index (χ4n) is 2.89. The Morgan fingerprint density at radius 2 is 2.04 bits per heavy atom. The van der Waals surface area contributed by atoms with E-state index < -0.39 is 11.7 Å². The molecule has 4 aromatic rings. The van der Waals surface area contributed by atoms with Gasteiger partial charge in [0.25, 0.3) is 11.7 Å². The zero-order chi connectivity index (χ0) is 19.5. The van der Waals surface area contributed by atoms with Gasteiger partial charge in [-0.2, -0.15) is 0 Å². The smallest absolute Gasteiger partial charge is 0.292 e. The van der Waals surface area contributed by atoms with Crippen molar-refractivity contribution in [1.29, 1.82) is 0 Å². The highest BCUT2D eigenvalue weighted by atomic mass is 16.5. The van der Waals surface area contributed by atoms with Gasteiger partial charge in [-0.05, 0) is 18.2 Å². The molecule has 0 saturated carbocycles. The van der Waals surface area contributed by atoms with Gasteiger partial charge in [-0.25, -0.2) is 4.68 Å². The van der Waals surface area contributed by atoms with Gasteiger partial charge in [-0.1, -0.05) is 29.5 Å². The zero-order valence-electron chi connectivity index (χ0n) is 15.0. The van der Waals surface area contributed by atoms with Crippen molar-refractivity contribution in [3.05, 3.63) is 72.2 Å². The molecular weight excluding hydrogens is 358 g/mol. The number of nitrogens with one attached hydrogen (secondary N) is 2. The molecule has 0 aliphatic carbocycles. The van der Waals surface area contributed by atoms with Crippen LogP contribution in [-0.2, 0) is 11.3 Å². The van der Waals surface area contributed by atoms with Crippen LogP contribution >= 0.6 is 0 Å². The van der Waals surface area contributed by atoms with Gasteiger partial charge < -0.3 is 15.0 Å². The van der Waals surface area contributed by atoms with E-state index in [0.29, 0.717) is 22.4 Å². The molecular formula is C20H17N5O3. The van der Waals surface area contributed by atoms with E-state index in [1.807, 2.05) is 42.5 Å². The van der Waals surface area contributed by atoms with E-state index in [4.69, 9.17) is 4.74 Å². The molecule has 2 N–H and O–H groups in total. The highest BCUT2D eigenvalue weighted by Gasteiger charge is 2.19. The predicted molar refractivity (Wildman–Crippen MR) is 102 cm³/mol. The Morgan fingerprint density at radius 1 is 1.18 bits per heavy atom. The van der Waals surface area contributed by atoms with Crippen LogP contribution in [0.4, 0.5) is 0 Å². The predicted octanol–water partition coefficient (Wildman–Crippen LogP) is 2.26. The number of ether oxygens (including phenoxy) is 1. The molecule has 0 saturated heterocycles. The maximum Gasteiger partial charge on any atom is 0.292 e. The molecule has 2 aromatic carbocycles. The van der Waals surface area contributed by atoms with Gasteiger partial charge >= 0.3 is 0 Å². The topological polar surface area (TPSA) is 102 Å². The molecule has 8 nitrogen and oxygen atoms in total. The number of Topliss-reactive ketones (excluding diaryl/α,β-unsaturated/α-hetero) is 1. The van der Waals surface area contributed by atoms with Gasteiger partial charge in [0.2, 0.25) is 0 Å². The fourth-order valence-corrected chi connectivity index (χ4v) is 2.89. The van der Waals surface area contributed by atoms with E-state index in [9.17, 15) is 9.59 Å². The number of nitrogens with zero attached hydrogens (tertiary/aromatic N) is 3. The van der Waals surface area contributed by atoms with E-state index in [1.54, 1.807) is 30.3 Å². The summed E-state index contributed by atoms with van der Waals surface area (Å²) in [5.41, 5.74) is 2.45. The maximum absolute atomic E-state index is 12.5. The van der Waals surface area contributed by atoms with Crippen molar-refractivity contribution in [3.8, 4) is 11.4 Å². The van der Waals surface area contributed by atoms with Gasteiger partial charge in [0.15, 0.2) is 0 Å². The number of aromatic amines is 1. The van der Waals surface area contributed by atoms with Gasteiger partial charge in [0.05, 0.1) is 31.1 Å². The minimum atomic E-state index is -0.694. The monoisotopic (exact) mass is 375 g/mol. The molecule has 1 amide bonds. The summed E-state index contributed by atoms with van der Waals surface area (Å²) in [5.74, 6) is -0.592. The average Bonchev–Trinajstić information content (AvgIpc) is 3.38. The number of amides is 1. The molecule has 0 spiro atoms. The summed E-state index contributed by atoms with van der Waals surface area (Å²) in [6, 6.07) is 14.7. The van der Waals surface area contributed by atoms with Gasteiger partial charge in [0, 0.05) is 23.2 Å². The summed E-state index contributed by atoms with van der Waals surface area (Å²) in [6.45, 7) is 0.0941. The number of rotatable bonds is 6. The maximum atomic E-state index is 12.5. The lowest BCUT2D eigenvalue weighted by Gasteiger charge is -2.03. The first kappa shape index (κ1) is 17.5. The third-order valence-electron chi connectivity index (χ3n) is 4.33. The van der Waals surface area contributed by atoms with E-state index in [0.717, 1.165) is 11.2 Å². The highest BCUT2D eigenvalue weighted by molar-refractivity contribution is 6.44. The number of carbonyl (C=O) groups is 2. The van der Waals surface area contributed by atoms with Crippen molar-refractivity contribution in [2.24, 2.45) is 0 Å². The number of ketones is 1. The van der Waals surface area contributed by atoms with Crippen LogP contribution in [0.3, 0.4) is 0 Å². The molecule has 2 heterocycles. The standard InChI is InChI=1S/C20H17N5O3/c1-28-15-6-4-5-14(9-15)25-12-13(23-24-25)10-22-20(27)19(26)17-11-21-18-8-3-2-7-16(17)18/h2-9,11-12,21H,10H2,1H3,(H,22,27). The van der Waals surface area contributed by atoms with Crippen LogP contribution in [0.15, 0.2) is 60.9 Å². The van der Waals surface area contributed by atoms with Crippen LogP contribution in [0.25, 0.3) is 16.6 Å². The number of fused-ring (bicyclic) bond motifs is 1. The number of H-pyrrole nitrogens is 1. The summed E-state index contributed by atoms with van der Waals surface area (Å²) in [6.07, 6.45) is 3.23. The summed E-state index contributed by atoms with van der Waals surface area (Å²) < 4.78 is 6.77. The van der Waals surface area contributed by atoms with E-state index in [2.05, 4.69) is 20.6 Å². The van der Waals surface area contributed by atoms with Crippen LogP contribution in [0, 0.1) is 0 Å². The summed E-state index contributed by atoms with van der Waals surface area (Å²) in [5, 5.41) is 11.4. The molecule has 140 valence electrons. The third-order valence-corrected chi connectivity index (χ3v) is 4.33. The lowest BCUT2D eigenvalue weighted by atomic mass is 10.1. The molecule has 8 heteroatoms. The number of hydrogen-bond donors (Lipinski definition) is 2. The Morgan fingerprint density at radius 3 is 2.89 bits per heavy atom. The zero-order valence-corrected chi connectivity index (χ0v) is 15.0. The number of benzene rings is 2. The highest BCUT2D eigenvalue weighted by Crippen LogP contribution is 2.18. The first-order chi connectivity index (χ1) is 13.7. The SMILES string of the molecule is COc1cccc(-n2cc(CNC(=O)C(=O)c3c[nH]c4ccccc34)nn2)c1. The van der Waals surface area contributed by atoms with Crippen LogP contribution in [-0.4, -0.2) is 38.8 Å². The first-order valence-electron chi connectivity index (χ1n) is 8.60. The van der Waals surface area contributed by atoms with Gasteiger partial charge in [0.1, 0.15) is 11.4 Å². The minimum Gasteiger partial charge on any atom is -0.497 e. The lowest BCUT2D eigenvalue weighted by Crippen LogP contribution is -2.30. The largest absolute Gasteiger partial charge is 0.497 e. The molecule has 4 rings (SSSR count). The molecule has 0 aliphatic heterocycles. The Hall–Kier alpha value is -3.94. The number of hydrogen-bond acceptors (Lipinski definition) is 5. The quantitative estimate of drug-likeness (QED) is 0.398. The molecule has 0 bridgehead atoms. The van der Waals surface area contributed by atoms with Crippen molar-refractivity contribution >= 4 is 22.6 Å². The Labute approximate surface area is 160 Å². The Bertz CT molecular complexity index is 1160. The fraction of sp³-hybridized carbons (Fsp3) is 0.100. The van der Waals surface area contributed by atoms with Gasteiger partial charge in [-0.3, -0.25) is 9.59 Å². The van der Waals surface area contributed by atoms with Gasteiger partial charge in [-0.15, -0.1) is 5.10 Å². The third kappa shape index (κ3) is 3.35. The molecule has 2 aromatic heterocycles. The minimum absolute atomic E-state index is 0.0941. The summed E-state index contributed by atoms with van der Waals surface area (Å²) in [4.78, 5) is 27.7. The number of carbonyl (C=O) groups excluding carboxylic acids is 2.